The van der Waals surface area contributed by atoms with Crippen LogP contribution in [0.3, 0.4) is 0 Å². The van der Waals surface area contributed by atoms with Crippen LogP contribution in [-0.2, 0) is 6.54 Å². The largest absolute Gasteiger partial charge is 0.364 e. The molecule has 2 saturated heterocycles. The van der Waals surface area contributed by atoms with Crippen LogP contribution in [0.1, 0.15) is 41.9 Å². The molecule has 2 atom stereocenters. The molecule has 2 unspecified atom stereocenters. The summed E-state index contributed by atoms with van der Waals surface area (Å²) < 4.78 is 4.92. The molecule has 1 amide bonds. The molecule has 2 aromatic heterocycles. The third kappa shape index (κ3) is 2.96. The third-order valence-electron chi connectivity index (χ3n) is 4.85. The van der Waals surface area contributed by atoms with Gasteiger partial charge in [-0.05, 0) is 25.7 Å². The van der Waals surface area contributed by atoms with Crippen LogP contribution >= 0.6 is 0 Å². The summed E-state index contributed by atoms with van der Waals surface area (Å²) in [6.45, 7) is 0.830. The lowest BCUT2D eigenvalue weighted by Gasteiger charge is -2.38. The van der Waals surface area contributed by atoms with Gasteiger partial charge in [-0.1, -0.05) is 5.16 Å². The molecule has 4 rings (SSSR count). The molecule has 120 valence electrons. The van der Waals surface area contributed by atoms with Gasteiger partial charge < -0.3 is 9.84 Å². The van der Waals surface area contributed by atoms with E-state index < -0.39 is 0 Å². The van der Waals surface area contributed by atoms with Gasteiger partial charge in [0.25, 0.3) is 5.91 Å². The Morgan fingerprint density at radius 3 is 2.78 bits per heavy atom. The average molecular weight is 313 g/mol. The Bertz CT molecular complexity index is 646. The highest BCUT2D eigenvalue weighted by Gasteiger charge is 2.41. The van der Waals surface area contributed by atoms with E-state index in [2.05, 4.69) is 25.3 Å². The number of nitrogens with one attached hydrogen (secondary N) is 1. The van der Waals surface area contributed by atoms with Crippen LogP contribution in [-0.4, -0.2) is 44.1 Å². The predicted molar refractivity (Wildman–Crippen MR) is 81.4 cm³/mol. The number of hydrogen-bond donors (Lipinski definition) is 1. The zero-order chi connectivity index (χ0) is 15.6. The standard InChI is InChI=1S/C16H19N5O2/c22-16(15-9-17-4-5-18-15)19-12-7-13-1-2-14(8-12)21(13)10-11-3-6-23-20-11/h3-6,9,12-14H,1-2,7-8,10H2,(H,19,22). The van der Waals surface area contributed by atoms with Gasteiger partial charge in [0.15, 0.2) is 0 Å². The maximum Gasteiger partial charge on any atom is 0.271 e. The van der Waals surface area contributed by atoms with Crippen LogP contribution in [0.5, 0.6) is 0 Å². The van der Waals surface area contributed by atoms with Crippen LogP contribution in [0.4, 0.5) is 0 Å². The first-order valence-corrected chi connectivity index (χ1v) is 8.01. The average Bonchev–Trinajstić information content (AvgIpc) is 3.16. The molecule has 0 spiro atoms. The fraction of sp³-hybridized carbons (Fsp3) is 0.500. The van der Waals surface area contributed by atoms with E-state index in [1.54, 1.807) is 18.7 Å². The SMILES string of the molecule is O=C(NC1CC2CCC(C1)N2Cc1ccon1)c1cnccn1. The van der Waals surface area contributed by atoms with Crippen molar-refractivity contribution >= 4 is 5.91 Å². The van der Waals surface area contributed by atoms with Crippen molar-refractivity contribution < 1.29 is 9.32 Å². The molecule has 0 saturated carbocycles. The lowest BCUT2D eigenvalue weighted by Crippen LogP contribution is -2.50. The first-order valence-electron chi connectivity index (χ1n) is 8.01. The quantitative estimate of drug-likeness (QED) is 0.918. The molecule has 2 fully saturated rings. The second kappa shape index (κ2) is 6.08. The van der Waals surface area contributed by atoms with Gasteiger partial charge in [-0.25, -0.2) is 4.98 Å². The number of rotatable bonds is 4. The summed E-state index contributed by atoms with van der Waals surface area (Å²) >= 11 is 0. The van der Waals surface area contributed by atoms with Crippen molar-refractivity contribution in [2.24, 2.45) is 0 Å². The first kappa shape index (κ1) is 14.3. The van der Waals surface area contributed by atoms with E-state index in [4.69, 9.17) is 4.52 Å². The molecule has 1 N–H and O–H groups in total. The number of amides is 1. The monoisotopic (exact) mass is 313 g/mol. The molecule has 2 aliphatic rings. The molecule has 0 radical (unpaired) electrons. The summed E-state index contributed by atoms with van der Waals surface area (Å²) in [6, 6.07) is 3.12. The second-order valence-electron chi connectivity index (χ2n) is 6.28. The van der Waals surface area contributed by atoms with Gasteiger partial charge in [0.1, 0.15) is 12.0 Å². The summed E-state index contributed by atoms with van der Waals surface area (Å²) in [5.74, 6) is -0.132. The van der Waals surface area contributed by atoms with Crippen LogP contribution in [0.15, 0.2) is 35.4 Å². The summed E-state index contributed by atoms with van der Waals surface area (Å²) in [5.41, 5.74) is 1.36. The van der Waals surface area contributed by atoms with E-state index in [-0.39, 0.29) is 11.9 Å². The zero-order valence-electron chi connectivity index (χ0n) is 12.8. The van der Waals surface area contributed by atoms with E-state index in [0.29, 0.717) is 17.8 Å². The van der Waals surface area contributed by atoms with Gasteiger partial charge in [-0.2, -0.15) is 0 Å². The third-order valence-corrected chi connectivity index (χ3v) is 4.85. The first-order chi connectivity index (χ1) is 11.3. The molecular weight excluding hydrogens is 294 g/mol. The van der Waals surface area contributed by atoms with Crippen molar-refractivity contribution in [3.63, 3.8) is 0 Å². The minimum Gasteiger partial charge on any atom is -0.364 e. The summed E-state index contributed by atoms with van der Waals surface area (Å²) in [6.07, 6.45) is 10.5. The van der Waals surface area contributed by atoms with Gasteiger partial charge in [-0.15, -0.1) is 0 Å². The van der Waals surface area contributed by atoms with E-state index in [9.17, 15) is 4.79 Å². The Kier molecular flexibility index (Phi) is 3.78. The van der Waals surface area contributed by atoms with Crippen molar-refractivity contribution in [2.75, 3.05) is 0 Å². The molecule has 0 aliphatic carbocycles. The van der Waals surface area contributed by atoms with Gasteiger partial charge in [0.05, 0.1) is 11.9 Å². The fourth-order valence-electron chi connectivity index (χ4n) is 3.83. The summed E-state index contributed by atoms with van der Waals surface area (Å²) in [7, 11) is 0. The minimum absolute atomic E-state index is 0.132. The van der Waals surface area contributed by atoms with Crippen molar-refractivity contribution in [2.45, 2.75) is 50.4 Å². The fourth-order valence-corrected chi connectivity index (χ4v) is 3.83. The van der Waals surface area contributed by atoms with E-state index >= 15 is 0 Å². The molecule has 2 aliphatic heterocycles. The Hall–Kier alpha value is -2.28. The minimum atomic E-state index is -0.132. The predicted octanol–water partition coefficient (Wildman–Crippen LogP) is 1.39. The van der Waals surface area contributed by atoms with Gasteiger partial charge in [-0.3, -0.25) is 14.7 Å². The maximum absolute atomic E-state index is 12.2. The summed E-state index contributed by atoms with van der Waals surface area (Å²) in [4.78, 5) is 22.7. The molecule has 23 heavy (non-hydrogen) atoms. The maximum atomic E-state index is 12.2. The Morgan fingerprint density at radius 2 is 2.13 bits per heavy atom. The summed E-state index contributed by atoms with van der Waals surface area (Å²) in [5, 5.41) is 7.13. The molecule has 7 heteroatoms. The lowest BCUT2D eigenvalue weighted by molar-refractivity contribution is 0.0817. The number of piperidine rings is 1. The molecule has 0 aromatic carbocycles. The number of carbonyl (C=O) groups is 1. The topological polar surface area (TPSA) is 84.2 Å². The van der Waals surface area contributed by atoms with Gasteiger partial charge in [0.2, 0.25) is 0 Å². The van der Waals surface area contributed by atoms with Crippen molar-refractivity contribution in [3.05, 3.63) is 42.3 Å². The Labute approximate surface area is 134 Å². The van der Waals surface area contributed by atoms with Crippen molar-refractivity contribution in [3.8, 4) is 0 Å². The Balaban J connectivity index is 1.38. The van der Waals surface area contributed by atoms with Gasteiger partial charge in [0, 0.05) is 43.1 Å². The van der Waals surface area contributed by atoms with Crippen molar-refractivity contribution in [1.82, 2.24) is 25.3 Å². The van der Waals surface area contributed by atoms with E-state index in [0.717, 1.165) is 25.1 Å². The number of fused-ring (bicyclic) bond motifs is 2. The lowest BCUT2D eigenvalue weighted by atomic mass is 9.97. The zero-order valence-corrected chi connectivity index (χ0v) is 12.8. The van der Waals surface area contributed by atoms with Crippen LogP contribution in [0, 0.1) is 0 Å². The molecule has 2 aromatic rings. The molecule has 2 bridgehead atoms. The smallest absolute Gasteiger partial charge is 0.271 e. The number of carbonyl (C=O) groups excluding carboxylic acids is 1. The molecular formula is C16H19N5O2. The van der Waals surface area contributed by atoms with Crippen LogP contribution < -0.4 is 5.32 Å². The second-order valence-corrected chi connectivity index (χ2v) is 6.28. The highest BCUT2D eigenvalue weighted by atomic mass is 16.5. The normalized spacial score (nSPS) is 27.0. The number of hydrogen-bond acceptors (Lipinski definition) is 6. The van der Waals surface area contributed by atoms with Crippen LogP contribution in [0.2, 0.25) is 0 Å². The molecule has 4 heterocycles. The van der Waals surface area contributed by atoms with E-state index in [1.807, 2.05) is 6.07 Å². The number of nitrogens with zero attached hydrogens (tertiary/aromatic N) is 4. The highest BCUT2D eigenvalue weighted by Crippen LogP contribution is 2.36. The number of aromatic nitrogens is 3. The van der Waals surface area contributed by atoms with Gasteiger partial charge >= 0.3 is 0 Å². The highest BCUT2D eigenvalue weighted by molar-refractivity contribution is 5.92. The van der Waals surface area contributed by atoms with E-state index in [1.165, 1.54) is 19.0 Å². The van der Waals surface area contributed by atoms with Crippen LogP contribution in [0.25, 0.3) is 0 Å². The Morgan fingerprint density at radius 1 is 1.30 bits per heavy atom. The molecule has 7 nitrogen and oxygen atoms in total. The van der Waals surface area contributed by atoms with Crippen molar-refractivity contribution in [1.29, 1.82) is 0 Å².